The first-order chi connectivity index (χ1) is 19.3. The van der Waals surface area contributed by atoms with Gasteiger partial charge in [-0.1, -0.05) is 56.9 Å². The maximum absolute atomic E-state index is 12.8. The van der Waals surface area contributed by atoms with Crippen LogP contribution in [-0.2, 0) is 16.0 Å². The van der Waals surface area contributed by atoms with Crippen LogP contribution in [0.3, 0.4) is 0 Å². The van der Waals surface area contributed by atoms with Gasteiger partial charge in [0.2, 0.25) is 5.91 Å². The Morgan fingerprint density at radius 3 is 1.90 bits per heavy atom. The van der Waals surface area contributed by atoms with Crippen LogP contribution < -0.4 is 10.6 Å². The van der Waals surface area contributed by atoms with E-state index in [1.807, 2.05) is 75.5 Å². The fraction of sp³-hybridized carbons (Fsp3) is 0.290. The second-order valence-electron chi connectivity index (χ2n) is 9.77. The number of amides is 2. The molecule has 4 N–H and O–H groups in total. The highest BCUT2D eigenvalue weighted by Crippen LogP contribution is 2.21. The number of imidazole rings is 2. The van der Waals surface area contributed by atoms with Crippen LogP contribution in [0.5, 0.6) is 0 Å². The number of nitrogens with one attached hydrogen (secondary N) is 4. The van der Waals surface area contributed by atoms with E-state index in [1.54, 1.807) is 6.20 Å². The van der Waals surface area contributed by atoms with E-state index in [0.29, 0.717) is 5.82 Å². The molecule has 40 heavy (non-hydrogen) atoms. The van der Waals surface area contributed by atoms with Crippen molar-refractivity contribution in [1.29, 1.82) is 0 Å². The maximum atomic E-state index is 12.8. The van der Waals surface area contributed by atoms with E-state index < -0.39 is 12.1 Å². The van der Waals surface area contributed by atoms with Crippen LogP contribution in [0, 0.1) is 17.8 Å². The Bertz CT molecular complexity index is 1510. The largest absolute Gasteiger partial charge is 0.453 e. The van der Waals surface area contributed by atoms with E-state index in [0.717, 1.165) is 45.9 Å². The summed E-state index contributed by atoms with van der Waals surface area (Å²) < 4.78 is 4.63. The lowest BCUT2D eigenvalue weighted by molar-refractivity contribution is -0.124. The van der Waals surface area contributed by atoms with Crippen molar-refractivity contribution >= 4 is 12.0 Å². The van der Waals surface area contributed by atoms with Crippen molar-refractivity contribution in [1.82, 2.24) is 30.6 Å². The van der Waals surface area contributed by atoms with Gasteiger partial charge in [0.1, 0.15) is 17.7 Å². The molecule has 0 bridgehead atoms. The van der Waals surface area contributed by atoms with E-state index in [1.165, 1.54) is 7.11 Å². The van der Waals surface area contributed by atoms with Gasteiger partial charge in [-0.05, 0) is 48.2 Å². The third-order valence-electron chi connectivity index (χ3n) is 6.48. The van der Waals surface area contributed by atoms with Crippen LogP contribution in [0.2, 0.25) is 0 Å². The molecule has 206 valence electrons. The number of rotatable bonds is 8. The Labute approximate surface area is 234 Å². The van der Waals surface area contributed by atoms with Gasteiger partial charge >= 0.3 is 6.09 Å². The molecule has 2 aromatic heterocycles. The smallest absolute Gasteiger partial charge is 0.407 e. The fourth-order valence-electron chi connectivity index (χ4n) is 4.10. The molecule has 2 unspecified atom stereocenters. The Morgan fingerprint density at radius 2 is 1.40 bits per heavy atom. The molecule has 0 aliphatic rings. The molecule has 0 radical (unpaired) electrons. The molecule has 2 aromatic carbocycles. The first-order valence-electron chi connectivity index (χ1n) is 13.2. The third-order valence-corrected chi connectivity index (χ3v) is 6.48. The van der Waals surface area contributed by atoms with Crippen molar-refractivity contribution in [3.8, 4) is 34.4 Å². The van der Waals surface area contributed by atoms with Gasteiger partial charge in [-0.25, -0.2) is 14.8 Å². The highest BCUT2D eigenvalue weighted by Gasteiger charge is 2.26. The number of carbonyl (C=O) groups is 2. The number of hydrogen-bond acceptors (Lipinski definition) is 5. The number of methoxy groups -OCH3 is 1. The molecule has 9 nitrogen and oxygen atoms in total. The number of aromatic nitrogens is 4. The van der Waals surface area contributed by atoms with E-state index in [2.05, 4.69) is 54.1 Å². The van der Waals surface area contributed by atoms with Crippen LogP contribution in [0.15, 0.2) is 60.9 Å². The monoisotopic (exact) mass is 538 g/mol. The molecule has 0 aliphatic heterocycles. The summed E-state index contributed by atoms with van der Waals surface area (Å²) in [5.74, 6) is 7.58. The normalized spacial score (nSPS) is 12.2. The lowest BCUT2D eigenvalue weighted by atomic mass is 10.0. The molecule has 2 atom stereocenters. The van der Waals surface area contributed by atoms with Gasteiger partial charge in [0.25, 0.3) is 0 Å². The summed E-state index contributed by atoms with van der Waals surface area (Å²) in [4.78, 5) is 39.8. The van der Waals surface area contributed by atoms with Gasteiger partial charge < -0.3 is 25.3 Å². The van der Waals surface area contributed by atoms with Gasteiger partial charge in [-0.15, -0.1) is 0 Å². The van der Waals surface area contributed by atoms with Gasteiger partial charge in [-0.2, -0.15) is 0 Å². The molecule has 2 amide bonds. The number of benzene rings is 2. The maximum Gasteiger partial charge on any atom is 0.407 e. The molecule has 9 heteroatoms. The predicted octanol–water partition coefficient (Wildman–Crippen LogP) is 4.99. The van der Waals surface area contributed by atoms with Crippen molar-refractivity contribution in [3.63, 3.8) is 0 Å². The van der Waals surface area contributed by atoms with Gasteiger partial charge in [-0.3, -0.25) is 4.79 Å². The molecule has 4 aromatic rings. The van der Waals surface area contributed by atoms with Gasteiger partial charge in [0.15, 0.2) is 0 Å². The summed E-state index contributed by atoms with van der Waals surface area (Å²) in [6.45, 7) is 7.60. The summed E-state index contributed by atoms with van der Waals surface area (Å²) in [5, 5.41) is 5.48. The van der Waals surface area contributed by atoms with Crippen molar-refractivity contribution in [2.24, 2.45) is 5.92 Å². The Kier molecular flexibility index (Phi) is 9.02. The molecular weight excluding hydrogens is 504 g/mol. The highest BCUT2D eigenvalue weighted by atomic mass is 16.5. The number of hydrogen-bond donors (Lipinski definition) is 4. The number of carbonyl (C=O) groups excluding carboxylic acids is 2. The zero-order chi connectivity index (χ0) is 28.6. The van der Waals surface area contributed by atoms with Crippen LogP contribution in [-0.4, -0.2) is 45.1 Å². The topological polar surface area (TPSA) is 125 Å². The Hall–Kier alpha value is -4.84. The highest BCUT2D eigenvalue weighted by molar-refractivity contribution is 5.86. The van der Waals surface area contributed by atoms with Gasteiger partial charge in [0.05, 0.1) is 36.9 Å². The second kappa shape index (κ2) is 12.8. The molecular formula is C31H34N6O3. The molecule has 0 spiro atoms. The predicted molar refractivity (Wildman–Crippen MR) is 154 cm³/mol. The van der Waals surface area contributed by atoms with Crippen LogP contribution in [0.1, 0.15) is 56.5 Å². The van der Waals surface area contributed by atoms with E-state index in [9.17, 15) is 9.59 Å². The molecule has 2 heterocycles. The number of aromatic amines is 2. The van der Waals surface area contributed by atoms with Crippen molar-refractivity contribution < 1.29 is 14.3 Å². The minimum Gasteiger partial charge on any atom is -0.453 e. The average molecular weight is 539 g/mol. The summed E-state index contributed by atoms with van der Waals surface area (Å²) in [5.41, 5.74) is 5.68. The van der Waals surface area contributed by atoms with Crippen molar-refractivity contribution in [2.45, 2.75) is 46.2 Å². The van der Waals surface area contributed by atoms with Crippen molar-refractivity contribution in [3.05, 3.63) is 83.7 Å². The summed E-state index contributed by atoms with van der Waals surface area (Å²) in [6, 6.07) is 14.9. The quantitative estimate of drug-likeness (QED) is 0.235. The first kappa shape index (κ1) is 28.2. The molecule has 0 saturated heterocycles. The zero-order valence-electron chi connectivity index (χ0n) is 23.3. The van der Waals surface area contributed by atoms with E-state index in [4.69, 9.17) is 0 Å². The SMILES string of the molecule is CCc1ncc(-c2ccc(C#Cc3ccc(-c4cnc(C(C)NC(=O)C(NC(=O)OC)C(C)C)[nH]4)cc3)cc2)[nH]1. The minimum atomic E-state index is -0.721. The first-order valence-corrected chi connectivity index (χ1v) is 13.2. The van der Waals surface area contributed by atoms with Crippen molar-refractivity contribution in [2.75, 3.05) is 7.11 Å². The molecule has 0 fully saturated rings. The average Bonchev–Trinajstić information content (AvgIpc) is 3.65. The Morgan fingerprint density at radius 1 is 0.850 bits per heavy atom. The van der Waals surface area contributed by atoms with Crippen LogP contribution in [0.4, 0.5) is 4.79 Å². The molecule has 0 saturated carbocycles. The number of ether oxygens (including phenoxy) is 1. The minimum absolute atomic E-state index is 0.115. The lowest BCUT2D eigenvalue weighted by Crippen LogP contribution is -2.50. The Balaban J connectivity index is 1.38. The molecule has 4 rings (SSSR count). The van der Waals surface area contributed by atoms with Gasteiger partial charge in [0, 0.05) is 17.5 Å². The lowest BCUT2D eigenvalue weighted by Gasteiger charge is -2.22. The van der Waals surface area contributed by atoms with Crippen LogP contribution in [0.25, 0.3) is 22.5 Å². The second-order valence-corrected chi connectivity index (χ2v) is 9.77. The fourth-order valence-corrected chi connectivity index (χ4v) is 4.10. The summed E-state index contributed by atoms with van der Waals surface area (Å²) >= 11 is 0. The van der Waals surface area contributed by atoms with Crippen LogP contribution >= 0.6 is 0 Å². The zero-order valence-corrected chi connectivity index (χ0v) is 23.3. The summed E-state index contributed by atoms with van der Waals surface area (Å²) in [6.07, 6.45) is 3.81. The number of aryl methyl sites for hydroxylation is 1. The molecule has 0 aliphatic carbocycles. The standard InChI is InChI=1S/C31H34N6O3/c1-6-27-32-17-25(35-27)23-13-9-21(10-14-23)7-8-22-11-15-24(16-12-22)26-18-33-29(36-26)20(4)34-30(38)28(19(2)3)37-31(39)40-5/h9-20,28H,6H2,1-5H3,(H,32,35)(H,33,36)(H,34,38)(H,37,39). The summed E-state index contributed by atoms with van der Waals surface area (Å²) in [7, 11) is 1.26. The third kappa shape index (κ3) is 6.97. The number of H-pyrrole nitrogens is 2. The number of alkyl carbamates (subject to hydrolysis) is 1. The number of nitrogens with zero attached hydrogens (tertiary/aromatic N) is 2. The van der Waals surface area contributed by atoms with E-state index >= 15 is 0 Å². The van der Waals surface area contributed by atoms with E-state index in [-0.39, 0.29) is 17.9 Å².